The van der Waals surface area contributed by atoms with Crippen molar-refractivity contribution in [2.45, 2.75) is 0 Å². The number of hydrogen-bond donors (Lipinski definition) is 1. The standard InChI is InChI=1S/C15H10Cl4N2O2/c1-23-14-12(18)4-8(5-13(14)19)7-20-21-15(22)9-2-3-10(16)11(17)6-9/h2-7H,1H3,(H,21,22)/b20-7-. The van der Waals surface area contributed by atoms with Crippen LogP contribution < -0.4 is 10.2 Å². The van der Waals surface area contributed by atoms with Gasteiger partial charge in [0.25, 0.3) is 5.91 Å². The van der Waals surface area contributed by atoms with E-state index in [0.29, 0.717) is 31.9 Å². The first kappa shape index (κ1) is 17.9. The average molecular weight is 392 g/mol. The fraction of sp³-hybridized carbons (Fsp3) is 0.0667. The quantitative estimate of drug-likeness (QED) is 0.584. The number of hydrogen-bond acceptors (Lipinski definition) is 3. The van der Waals surface area contributed by atoms with Crippen LogP contribution in [0.2, 0.25) is 20.1 Å². The van der Waals surface area contributed by atoms with Crippen LogP contribution in [0, 0.1) is 0 Å². The van der Waals surface area contributed by atoms with Crippen molar-refractivity contribution in [3.05, 3.63) is 61.5 Å². The Morgan fingerprint density at radius 1 is 1.04 bits per heavy atom. The first-order valence-corrected chi connectivity index (χ1v) is 7.75. The van der Waals surface area contributed by atoms with Crippen molar-refractivity contribution in [2.24, 2.45) is 5.10 Å². The van der Waals surface area contributed by atoms with Gasteiger partial charge in [-0.25, -0.2) is 5.43 Å². The molecule has 0 atom stereocenters. The van der Waals surface area contributed by atoms with Gasteiger partial charge >= 0.3 is 0 Å². The van der Waals surface area contributed by atoms with E-state index in [2.05, 4.69) is 10.5 Å². The molecule has 0 heterocycles. The van der Waals surface area contributed by atoms with Crippen LogP contribution in [0.5, 0.6) is 5.75 Å². The van der Waals surface area contributed by atoms with E-state index in [9.17, 15) is 4.79 Å². The fourth-order valence-corrected chi connectivity index (χ4v) is 2.67. The Bertz CT molecular complexity index is 755. The van der Waals surface area contributed by atoms with Gasteiger partial charge in [-0.05, 0) is 35.9 Å². The molecule has 8 heteroatoms. The summed E-state index contributed by atoms with van der Waals surface area (Å²) in [6.07, 6.45) is 1.41. The van der Waals surface area contributed by atoms with E-state index < -0.39 is 5.91 Å². The second-order valence-electron chi connectivity index (χ2n) is 4.35. The zero-order chi connectivity index (χ0) is 17.0. The number of carbonyl (C=O) groups is 1. The molecule has 2 rings (SSSR count). The number of nitrogens with one attached hydrogen (secondary N) is 1. The molecular weight excluding hydrogens is 382 g/mol. The minimum atomic E-state index is -0.425. The van der Waals surface area contributed by atoms with Gasteiger partial charge in [0.15, 0.2) is 5.75 Å². The highest BCUT2D eigenvalue weighted by molar-refractivity contribution is 6.42. The zero-order valence-corrected chi connectivity index (χ0v) is 14.8. The minimum Gasteiger partial charge on any atom is -0.494 e. The van der Waals surface area contributed by atoms with Gasteiger partial charge in [-0.2, -0.15) is 5.10 Å². The predicted molar refractivity (Wildman–Crippen MR) is 94.5 cm³/mol. The second-order valence-corrected chi connectivity index (χ2v) is 5.97. The van der Waals surface area contributed by atoms with E-state index >= 15 is 0 Å². The van der Waals surface area contributed by atoms with Gasteiger partial charge < -0.3 is 4.74 Å². The smallest absolute Gasteiger partial charge is 0.271 e. The number of nitrogens with zero attached hydrogens (tertiary/aromatic N) is 1. The number of carbonyl (C=O) groups excluding carboxylic acids is 1. The molecule has 4 nitrogen and oxygen atoms in total. The minimum absolute atomic E-state index is 0.289. The molecule has 23 heavy (non-hydrogen) atoms. The van der Waals surface area contributed by atoms with Crippen molar-refractivity contribution >= 4 is 58.5 Å². The summed E-state index contributed by atoms with van der Waals surface area (Å²) in [6.45, 7) is 0. The van der Waals surface area contributed by atoms with Crippen molar-refractivity contribution < 1.29 is 9.53 Å². The SMILES string of the molecule is COc1c(Cl)cc(/C=N\NC(=O)c2ccc(Cl)c(Cl)c2)cc1Cl. The third-order valence-corrected chi connectivity index (χ3v) is 4.09. The van der Waals surface area contributed by atoms with Crippen molar-refractivity contribution in [1.29, 1.82) is 0 Å². The van der Waals surface area contributed by atoms with E-state index in [1.165, 1.54) is 25.5 Å². The summed E-state index contributed by atoms with van der Waals surface area (Å²) < 4.78 is 5.05. The van der Waals surface area contributed by atoms with E-state index in [0.717, 1.165) is 0 Å². The van der Waals surface area contributed by atoms with Gasteiger partial charge in [-0.3, -0.25) is 4.79 Å². The van der Waals surface area contributed by atoms with Crippen LogP contribution in [-0.4, -0.2) is 19.2 Å². The lowest BCUT2D eigenvalue weighted by molar-refractivity contribution is 0.0955. The van der Waals surface area contributed by atoms with E-state index in [1.54, 1.807) is 18.2 Å². The van der Waals surface area contributed by atoms with E-state index in [1.807, 2.05) is 0 Å². The van der Waals surface area contributed by atoms with Gasteiger partial charge in [0, 0.05) is 5.56 Å². The van der Waals surface area contributed by atoms with Crippen LogP contribution in [0.15, 0.2) is 35.4 Å². The Balaban J connectivity index is 2.09. The Hall–Kier alpha value is -1.46. The maximum absolute atomic E-state index is 11.9. The molecule has 0 bridgehead atoms. The summed E-state index contributed by atoms with van der Waals surface area (Å²) in [6, 6.07) is 7.75. The van der Waals surface area contributed by atoms with Gasteiger partial charge in [-0.1, -0.05) is 46.4 Å². The third-order valence-electron chi connectivity index (χ3n) is 2.79. The van der Waals surface area contributed by atoms with Crippen molar-refractivity contribution in [2.75, 3.05) is 7.11 Å². The van der Waals surface area contributed by atoms with Crippen molar-refractivity contribution in [1.82, 2.24) is 5.43 Å². The molecule has 1 amide bonds. The summed E-state index contributed by atoms with van der Waals surface area (Å²) in [5, 5.41) is 5.20. The summed E-state index contributed by atoms with van der Waals surface area (Å²) in [4.78, 5) is 11.9. The largest absolute Gasteiger partial charge is 0.494 e. The zero-order valence-electron chi connectivity index (χ0n) is 11.7. The van der Waals surface area contributed by atoms with Crippen LogP contribution in [0.3, 0.4) is 0 Å². The molecule has 0 saturated carbocycles. The van der Waals surface area contributed by atoms with E-state index in [4.69, 9.17) is 51.1 Å². The van der Waals surface area contributed by atoms with Gasteiger partial charge in [0.2, 0.25) is 0 Å². The number of methoxy groups -OCH3 is 1. The molecular formula is C15H10Cl4N2O2. The van der Waals surface area contributed by atoms with Crippen LogP contribution in [0.1, 0.15) is 15.9 Å². The Kier molecular flexibility index (Phi) is 6.13. The van der Waals surface area contributed by atoms with Crippen LogP contribution >= 0.6 is 46.4 Å². The van der Waals surface area contributed by atoms with Crippen LogP contribution in [0.4, 0.5) is 0 Å². The maximum Gasteiger partial charge on any atom is 0.271 e. The van der Waals surface area contributed by atoms with Crippen LogP contribution in [-0.2, 0) is 0 Å². The average Bonchev–Trinajstić information content (AvgIpc) is 2.49. The van der Waals surface area contributed by atoms with Gasteiger partial charge in [-0.15, -0.1) is 0 Å². The lowest BCUT2D eigenvalue weighted by Crippen LogP contribution is -2.17. The fourth-order valence-electron chi connectivity index (χ4n) is 1.72. The first-order valence-electron chi connectivity index (χ1n) is 6.24. The third kappa shape index (κ3) is 4.52. The van der Waals surface area contributed by atoms with Gasteiger partial charge in [0.1, 0.15) is 0 Å². The molecule has 0 aliphatic carbocycles. The molecule has 0 aliphatic heterocycles. The van der Waals surface area contributed by atoms with Crippen LogP contribution in [0.25, 0.3) is 0 Å². The lowest BCUT2D eigenvalue weighted by Gasteiger charge is -2.06. The first-order chi connectivity index (χ1) is 10.9. The number of amides is 1. The molecule has 1 N–H and O–H groups in total. The maximum atomic E-state index is 11.9. The monoisotopic (exact) mass is 390 g/mol. The molecule has 2 aromatic rings. The molecule has 0 aliphatic rings. The Morgan fingerprint density at radius 3 is 2.26 bits per heavy atom. The molecule has 0 saturated heterocycles. The number of rotatable bonds is 4. The number of ether oxygens (including phenoxy) is 1. The molecule has 0 unspecified atom stereocenters. The highest BCUT2D eigenvalue weighted by Gasteiger charge is 2.09. The van der Waals surface area contributed by atoms with E-state index in [-0.39, 0.29) is 5.02 Å². The van der Waals surface area contributed by atoms with Gasteiger partial charge in [0.05, 0.1) is 33.4 Å². The number of benzene rings is 2. The molecule has 2 aromatic carbocycles. The normalized spacial score (nSPS) is 10.8. The topological polar surface area (TPSA) is 50.7 Å². The molecule has 120 valence electrons. The molecule has 0 radical (unpaired) electrons. The highest BCUT2D eigenvalue weighted by atomic mass is 35.5. The number of halogens is 4. The Morgan fingerprint density at radius 2 is 1.70 bits per heavy atom. The molecule has 0 spiro atoms. The van der Waals surface area contributed by atoms with Crippen molar-refractivity contribution in [3.63, 3.8) is 0 Å². The predicted octanol–water partition coefficient (Wildman–Crippen LogP) is 5.07. The number of hydrazone groups is 1. The second kappa shape index (κ2) is 7.88. The summed E-state index contributed by atoms with van der Waals surface area (Å²) >= 11 is 23.7. The van der Waals surface area contributed by atoms with Crippen molar-refractivity contribution in [3.8, 4) is 5.75 Å². The summed E-state index contributed by atoms with van der Waals surface area (Å²) in [7, 11) is 1.47. The molecule has 0 fully saturated rings. The lowest BCUT2D eigenvalue weighted by atomic mass is 10.2. The Labute approximate surface area is 152 Å². The summed E-state index contributed by atoms with van der Waals surface area (Å²) in [5.74, 6) is -0.0455. The molecule has 0 aromatic heterocycles. The highest BCUT2D eigenvalue weighted by Crippen LogP contribution is 2.33. The summed E-state index contributed by atoms with van der Waals surface area (Å²) in [5.41, 5.74) is 3.32.